The molecule has 34 heavy (non-hydrogen) atoms. The van der Waals surface area contributed by atoms with Crippen LogP contribution in [-0.4, -0.2) is 46.8 Å². The van der Waals surface area contributed by atoms with Crippen molar-refractivity contribution in [2.45, 2.75) is 13.0 Å². The molecule has 1 fully saturated rings. The van der Waals surface area contributed by atoms with E-state index < -0.39 is 17.7 Å². The molecule has 2 heterocycles. The Hall–Kier alpha value is -4.07. The summed E-state index contributed by atoms with van der Waals surface area (Å²) in [7, 11) is 0. The molecule has 1 atom stereocenters. The predicted molar refractivity (Wildman–Crippen MR) is 129 cm³/mol. The molecule has 3 aromatic carbocycles. The lowest BCUT2D eigenvalue weighted by Gasteiger charge is -2.40. The predicted octanol–water partition coefficient (Wildman–Crippen LogP) is 5.32. The number of hydrogen-bond donors (Lipinski definition) is 1. The van der Waals surface area contributed by atoms with Crippen molar-refractivity contribution in [3.63, 3.8) is 0 Å². The minimum atomic E-state index is -0.805. The first-order chi connectivity index (χ1) is 16.5. The second kappa shape index (κ2) is 9.05. The third-order valence-corrected chi connectivity index (χ3v) is 6.07. The summed E-state index contributed by atoms with van der Waals surface area (Å²) in [5.41, 5.74) is 1.78. The lowest BCUT2D eigenvalue weighted by Crippen LogP contribution is -2.55. The largest absolute Gasteiger partial charge is 0.348 e. The zero-order chi connectivity index (χ0) is 23.7. The molecule has 6 nitrogen and oxygen atoms in total. The van der Waals surface area contributed by atoms with E-state index in [4.69, 9.17) is 0 Å². The fourth-order valence-corrected chi connectivity index (χ4v) is 4.35. The summed E-state index contributed by atoms with van der Waals surface area (Å²) >= 11 is 0. The van der Waals surface area contributed by atoms with Gasteiger partial charge in [-0.3, -0.25) is 0 Å². The van der Waals surface area contributed by atoms with Gasteiger partial charge < -0.3 is 15.1 Å². The summed E-state index contributed by atoms with van der Waals surface area (Å²) in [5, 5.41) is 13.7. The third kappa shape index (κ3) is 4.14. The molecule has 0 radical (unpaired) electrons. The SMILES string of the molecule is C[C@H]1CN(C(=O)Nc2ccc(F)cc2F)CCN1c1nnc(-c2ccccc2)c2ccccc12. The van der Waals surface area contributed by atoms with Gasteiger partial charge in [-0.15, -0.1) is 10.2 Å². The first-order valence-electron chi connectivity index (χ1n) is 11.1. The topological polar surface area (TPSA) is 61.4 Å². The number of carbonyl (C=O) groups excluding carboxylic acids is 1. The number of nitrogens with one attached hydrogen (secondary N) is 1. The van der Waals surface area contributed by atoms with Crippen molar-refractivity contribution in [2.75, 3.05) is 29.9 Å². The second-order valence-electron chi connectivity index (χ2n) is 8.33. The van der Waals surface area contributed by atoms with E-state index in [0.717, 1.165) is 40.0 Å². The van der Waals surface area contributed by atoms with Gasteiger partial charge in [0, 0.05) is 48.1 Å². The lowest BCUT2D eigenvalue weighted by molar-refractivity contribution is 0.200. The Bertz CT molecular complexity index is 1350. The number of urea groups is 1. The van der Waals surface area contributed by atoms with E-state index in [1.807, 2.05) is 61.5 Å². The van der Waals surface area contributed by atoms with E-state index in [0.29, 0.717) is 19.6 Å². The fraction of sp³-hybridized carbons (Fsp3) is 0.192. The molecule has 172 valence electrons. The molecule has 0 bridgehead atoms. The number of aromatic nitrogens is 2. The van der Waals surface area contributed by atoms with Crippen LogP contribution in [0.15, 0.2) is 72.8 Å². The number of benzene rings is 3. The summed E-state index contributed by atoms with van der Waals surface area (Å²) in [6, 6.07) is 20.6. The van der Waals surface area contributed by atoms with Crippen LogP contribution in [0.5, 0.6) is 0 Å². The average molecular weight is 460 g/mol. The number of fused-ring (bicyclic) bond motifs is 1. The highest BCUT2D eigenvalue weighted by Gasteiger charge is 2.29. The molecule has 1 aromatic heterocycles. The van der Waals surface area contributed by atoms with Gasteiger partial charge in [-0.1, -0.05) is 54.6 Å². The monoisotopic (exact) mass is 459 g/mol. The van der Waals surface area contributed by atoms with Crippen molar-refractivity contribution < 1.29 is 13.6 Å². The van der Waals surface area contributed by atoms with Crippen molar-refractivity contribution >= 4 is 28.3 Å². The summed E-state index contributed by atoms with van der Waals surface area (Å²) in [5.74, 6) is -0.725. The molecule has 0 aliphatic carbocycles. The first kappa shape index (κ1) is 21.8. The smallest absolute Gasteiger partial charge is 0.322 e. The van der Waals surface area contributed by atoms with Gasteiger partial charge in [0.05, 0.1) is 5.69 Å². The molecule has 1 saturated heterocycles. The molecule has 1 aliphatic heterocycles. The second-order valence-corrected chi connectivity index (χ2v) is 8.33. The average Bonchev–Trinajstić information content (AvgIpc) is 2.85. The van der Waals surface area contributed by atoms with E-state index in [9.17, 15) is 13.6 Å². The maximum absolute atomic E-state index is 13.9. The van der Waals surface area contributed by atoms with E-state index in [1.165, 1.54) is 6.07 Å². The van der Waals surface area contributed by atoms with Crippen molar-refractivity contribution in [3.05, 3.63) is 84.4 Å². The van der Waals surface area contributed by atoms with Gasteiger partial charge >= 0.3 is 6.03 Å². The normalized spacial score (nSPS) is 16.0. The van der Waals surface area contributed by atoms with Gasteiger partial charge in [-0.25, -0.2) is 13.6 Å². The van der Waals surface area contributed by atoms with Gasteiger partial charge in [0.25, 0.3) is 0 Å². The van der Waals surface area contributed by atoms with Crippen LogP contribution >= 0.6 is 0 Å². The summed E-state index contributed by atoms with van der Waals surface area (Å²) in [6.45, 7) is 3.41. The van der Waals surface area contributed by atoms with Crippen molar-refractivity contribution in [3.8, 4) is 11.3 Å². The Kier molecular flexibility index (Phi) is 5.79. The van der Waals surface area contributed by atoms with Crippen LogP contribution in [0.2, 0.25) is 0 Å². The van der Waals surface area contributed by atoms with Gasteiger partial charge in [-0.2, -0.15) is 0 Å². The van der Waals surface area contributed by atoms with Crippen LogP contribution in [0.4, 0.5) is 25.1 Å². The number of piperazine rings is 1. The minimum absolute atomic E-state index is 0.0437. The van der Waals surface area contributed by atoms with E-state index >= 15 is 0 Å². The van der Waals surface area contributed by atoms with Crippen molar-refractivity contribution in [2.24, 2.45) is 0 Å². The van der Waals surface area contributed by atoms with Crippen molar-refractivity contribution in [1.29, 1.82) is 0 Å². The number of carbonyl (C=O) groups is 1. The Morgan fingerprint density at radius 3 is 2.41 bits per heavy atom. The highest BCUT2D eigenvalue weighted by atomic mass is 19.1. The molecule has 0 saturated carbocycles. The van der Waals surface area contributed by atoms with Gasteiger partial charge in [-0.05, 0) is 19.1 Å². The summed E-state index contributed by atoms with van der Waals surface area (Å²) < 4.78 is 27.1. The maximum Gasteiger partial charge on any atom is 0.322 e. The highest BCUT2D eigenvalue weighted by Crippen LogP contribution is 2.32. The summed E-state index contributed by atoms with van der Waals surface area (Å²) in [6.07, 6.45) is 0. The van der Waals surface area contributed by atoms with Crippen LogP contribution in [0.1, 0.15) is 6.92 Å². The molecule has 0 unspecified atom stereocenters. The minimum Gasteiger partial charge on any atom is -0.348 e. The van der Waals surface area contributed by atoms with Crippen LogP contribution in [-0.2, 0) is 0 Å². The molecule has 5 rings (SSSR count). The maximum atomic E-state index is 13.9. The van der Waals surface area contributed by atoms with Crippen LogP contribution < -0.4 is 10.2 Å². The molecular formula is C26H23F2N5O. The fourth-order valence-electron chi connectivity index (χ4n) is 4.35. The standard InChI is InChI=1S/C26H23F2N5O/c1-17-16-32(26(34)29-23-12-11-19(27)15-22(23)28)13-14-33(17)25-21-10-6-5-9-20(21)24(30-31-25)18-7-3-2-4-8-18/h2-12,15,17H,13-14,16H2,1H3,(H,29,34)/t17-/m0/s1. The molecular weight excluding hydrogens is 436 g/mol. The zero-order valence-corrected chi connectivity index (χ0v) is 18.6. The molecule has 2 amide bonds. The Balaban J connectivity index is 1.37. The molecule has 0 spiro atoms. The van der Waals surface area contributed by atoms with Gasteiger partial charge in [0.2, 0.25) is 0 Å². The third-order valence-electron chi connectivity index (χ3n) is 6.07. The van der Waals surface area contributed by atoms with E-state index in [2.05, 4.69) is 20.4 Å². The number of nitrogens with zero attached hydrogens (tertiary/aromatic N) is 4. The number of amides is 2. The number of rotatable bonds is 3. The Morgan fingerprint density at radius 1 is 0.941 bits per heavy atom. The first-order valence-corrected chi connectivity index (χ1v) is 11.1. The van der Waals surface area contributed by atoms with E-state index in [-0.39, 0.29) is 11.7 Å². The quantitative estimate of drug-likeness (QED) is 0.451. The van der Waals surface area contributed by atoms with Crippen molar-refractivity contribution in [1.82, 2.24) is 15.1 Å². The van der Waals surface area contributed by atoms with Crippen LogP contribution in [0.25, 0.3) is 22.0 Å². The number of anilines is 2. The molecule has 8 heteroatoms. The highest BCUT2D eigenvalue weighted by molar-refractivity contribution is 6.00. The molecule has 1 aliphatic rings. The van der Waals surface area contributed by atoms with Gasteiger partial charge in [0.15, 0.2) is 5.82 Å². The molecule has 1 N–H and O–H groups in total. The van der Waals surface area contributed by atoms with E-state index in [1.54, 1.807) is 4.90 Å². The zero-order valence-electron chi connectivity index (χ0n) is 18.6. The van der Waals surface area contributed by atoms with Gasteiger partial charge in [0.1, 0.15) is 17.3 Å². The number of halogens is 2. The van der Waals surface area contributed by atoms with Crippen LogP contribution in [0, 0.1) is 11.6 Å². The lowest BCUT2D eigenvalue weighted by atomic mass is 10.0. The number of hydrogen-bond acceptors (Lipinski definition) is 4. The summed E-state index contributed by atoms with van der Waals surface area (Å²) in [4.78, 5) is 16.5. The van der Waals surface area contributed by atoms with Crippen LogP contribution in [0.3, 0.4) is 0 Å². The Labute approximate surface area is 195 Å². The molecule has 4 aromatic rings. The Morgan fingerprint density at radius 2 is 1.68 bits per heavy atom.